The summed E-state index contributed by atoms with van der Waals surface area (Å²) in [5, 5.41) is 10.4. The van der Waals surface area contributed by atoms with Gasteiger partial charge in [-0.05, 0) is 123 Å². The standard InChI is InChI=1S/C41H69N7O3/c1-27(9-8-22-48(4)26-28-10-6-5-7-11-28)31-12-13-32-39-33(25-35(41(31,32)3)47-38(51)17-21-44)40(2)18-14-30(45-36(49)15-19-42)23-29(40)24-34(39)46-37(50)16-20-43/h5-7,10-11,27,29-35,39H,8-9,12-26,42-44H2,1-4H3,(H,45,49)(H,46,50)(H,47,51)/t27-,29?,30-,31?,32?,33+,34-,35?,39?,40?,41?/m1/s1. The highest BCUT2D eigenvalue weighted by molar-refractivity contribution is 5.77. The van der Waals surface area contributed by atoms with Gasteiger partial charge in [0.15, 0.2) is 0 Å². The number of rotatable bonds is 16. The smallest absolute Gasteiger partial charge is 0.221 e. The molecule has 7 unspecified atom stereocenters. The zero-order valence-electron chi connectivity index (χ0n) is 32.0. The van der Waals surface area contributed by atoms with Crippen molar-refractivity contribution >= 4 is 17.7 Å². The van der Waals surface area contributed by atoms with Crippen molar-refractivity contribution in [3.63, 3.8) is 0 Å². The Morgan fingerprint density at radius 3 is 2.16 bits per heavy atom. The molecule has 9 N–H and O–H groups in total. The van der Waals surface area contributed by atoms with Crippen LogP contribution in [0.1, 0.15) is 103 Å². The molecule has 0 heterocycles. The summed E-state index contributed by atoms with van der Waals surface area (Å²) in [4.78, 5) is 41.7. The first-order valence-electron chi connectivity index (χ1n) is 20.1. The second-order valence-corrected chi connectivity index (χ2v) is 17.3. The molecular formula is C41H69N7O3. The topological polar surface area (TPSA) is 169 Å². The number of nitrogens with zero attached hydrogens (tertiary/aromatic N) is 1. The number of hydrogen-bond donors (Lipinski definition) is 6. The summed E-state index contributed by atoms with van der Waals surface area (Å²) in [5.74, 6) is 2.53. The van der Waals surface area contributed by atoms with Gasteiger partial charge < -0.3 is 38.1 Å². The Bertz CT molecular complexity index is 1310. The molecule has 1 aromatic rings. The lowest BCUT2D eigenvalue weighted by Gasteiger charge is -2.65. The highest BCUT2D eigenvalue weighted by Gasteiger charge is 2.66. The minimum absolute atomic E-state index is 0.0256. The van der Waals surface area contributed by atoms with Crippen molar-refractivity contribution in [1.82, 2.24) is 20.9 Å². The second-order valence-electron chi connectivity index (χ2n) is 17.3. The third-order valence-electron chi connectivity index (χ3n) is 14.3. The summed E-state index contributed by atoms with van der Waals surface area (Å²) in [6.07, 6.45) is 10.3. The first-order valence-corrected chi connectivity index (χ1v) is 20.1. The number of carbonyl (C=O) groups excluding carboxylic acids is 3. The summed E-state index contributed by atoms with van der Waals surface area (Å²) < 4.78 is 0. The summed E-state index contributed by atoms with van der Waals surface area (Å²) in [6.45, 7) is 10.4. The predicted molar refractivity (Wildman–Crippen MR) is 204 cm³/mol. The number of nitrogens with two attached hydrogens (primary N) is 3. The van der Waals surface area contributed by atoms with Crippen LogP contribution in [0.4, 0.5) is 0 Å². The van der Waals surface area contributed by atoms with Crippen LogP contribution in [0.25, 0.3) is 0 Å². The Morgan fingerprint density at radius 2 is 1.49 bits per heavy atom. The average molecular weight is 708 g/mol. The van der Waals surface area contributed by atoms with Crippen molar-refractivity contribution in [2.24, 2.45) is 63.5 Å². The SMILES string of the molecule is C[C@H](CCCN(C)Cc1ccccc1)C1CCC2C3[C@H](NC(=O)CCN)CC4C[C@H](NC(=O)CCN)CCC4(C)[C@H]3CC(NC(=O)CCN)C21C. The van der Waals surface area contributed by atoms with Gasteiger partial charge in [0, 0.05) is 63.6 Å². The number of carbonyl (C=O) groups is 3. The fourth-order valence-electron chi connectivity index (χ4n) is 11.8. The fourth-order valence-corrected chi connectivity index (χ4v) is 11.8. The van der Waals surface area contributed by atoms with E-state index in [1.54, 1.807) is 0 Å². The number of benzene rings is 1. The highest BCUT2D eigenvalue weighted by Crippen LogP contribution is 2.68. The molecule has 1 aromatic carbocycles. The summed E-state index contributed by atoms with van der Waals surface area (Å²) >= 11 is 0. The van der Waals surface area contributed by atoms with Crippen LogP contribution in [-0.2, 0) is 20.9 Å². The molecule has 4 aliphatic rings. The lowest BCUT2D eigenvalue weighted by Crippen LogP contribution is -2.67. The number of nitrogens with one attached hydrogen (secondary N) is 3. The number of amides is 3. The molecule has 51 heavy (non-hydrogen) atoms. The van der Waals surface area contributed by atoms with Gasteiger partial charge in [0.25, 0.3) is 0 Å². The maximum Gasteiger partial charge on any atom is 0.221 e. The molecule has 0 saturated heterocycles. The quantitative estimate of drug-likeness (QED) is 0.151. The van der Waals surface area contributed by atoms with Crippen LogP contribution in [0.15, 0.2) is 30.3 Å². The molecule has 4 aliphatic carbocycles. The molecular weight excluding hydrogens is 638 g/mol. The van der Waals surface area contributed by atoms with E-state index in [9.17, 15) is 14.4 Å². The fraction of sp³-hybridized carbons (Fsp3) is 0.780. The van der Waals surface area contributed by atoms with Gasteiger partial charge in [0.2, 0.25) is 17.7 Å². The lowest BCUT2D eigenvalue weighted by molar-refractivity contribution is -0.153. The van der Waals surface area contributed by atoms with E-state index >= 15 is 0 Å². The van der Waals surface area contributed by atoms with Gasteiger partial charge in [-0.3, -0.25) is 14.4 Å². The van der Waals surface area contributed by atoms with E-state index in [4.69, 9.17) is 17.2 Å². The molecule has 3 amide bonds. The molecule has 10 heteroatoms. The van der Waals surface area contributed by atoms with E-state index in [-0.39, 0.29) is 46.7 Å². The van der Waals surface area contributed by atoms with Crippen LogP contribution >= 0.6 is 0 Å². The normalized spacial score (nSPS) is 34.9. The van der Waals surface area contributed by atoms with E-state index in [0.717, 1.165) is 70.9 Å². The third-order valence-corrected chi connectivity index (χ3v) is 14.3. The van der Waals surface area contributed by atoms with Gasteiger partial charge in [-0.1, -0.05) is 51.1 Å². The molecule has 0 radical (unpaired) electrons. The number of fused-ring (bicyclic) bond motifs is 5. The zero-order chi connectivity index (χ0) is 36.8. The Hall–Kier alpha value is -2.53. The van der Waals surface area contributed by atoms with Crippen LogP contribution in [0.5, 0.6) is 0 Å². The van der Waals surface area contributed by atoms with E-state index in [0.29, 0.717) is 74.4 Å². The van der Waals surface area contributed by atoms with E-state index in [1.165, 1.54) is 5.56 Å². The molecule has 10 nitrogen and oxygen atoms in total. The van der Waals surface area contributed by atoms with Gasteiger partial charge >= 0.3 is 0 Å². The summed E-state index contributed by atoms with van der Waals surface area (Å²) in [5.41, 5.74) is 18.8. The van der Waals surface area contributed by atoms with Crippen molar-refractivity contribution < 1.29 is 14.4 Å². The molecule has 0 aliphatic heterocycles. The van der Waals surface area contributed by atoms with Crippen molar-refractivity contribution in [2.45, 2.75) is 122 Å². The van der Waals surface area contributed by atoms with Gasteiger partial charge in [-0.15, -0.1) is 0 Å². The van der Waals surface area contributed by atoms with E-state index < -0.39 is 0 Å². The molecule has 4 saturated carbocycles. The predicted octanol–water partition coefficient (Wildman–Crippen LogP) is 3.91. The zero-order valence-corrected chi connectivity index (χ0v) is 32.0. The monoisotopic (exact) mass is 708 g/mol. The van der Waals surface area contributed by atoms with Crippen LogP contribution < -0.4 is 33.2 Å². The van der Waals surface area contributed by atoms with Crippen molar-refractivity contribution in [1.29, 1.82) is 0 Å². The maximum atomic E-state index is 13.4. The van der Waals surface area contributed by atoms with Crippen molar-refractivity contribution in [3.05, 3.63) is 35.9 Å². The third kappa shape index (κ3) is 8.82. The maximum absolute atomic E-state index is 13.4. The number of hydrogen-bond acceptors (Lipinski definition) is 7. The lowest BCUT2D eigenvalue weighted by atomic mass is 9.42. The van der Waals surface area contributed by atoms with E-state index in [2.05, 4.69) is 79.0 Å². The first kappa shape index (κ1) is 39.7. The Labute approximate surface area is 307 Å². The summed E-state index contributed by atoms with van der Waals surface area (Å²) in [6, 6.07) is 10.9. The molecule has 4 fully saturated rings. The van der Waals surface area contributed by atoms with Crippen LogP contribution in [0.2, 0.25) is 0 Å². The molecule has 286 valence electrons. The Morgan fingerprint density at radius 1 is 0.843 bits per heavy atom. The first-order chi connectivity index (χ1) is 24.4. The van der Waals surface area contributed by atoms with Gasteiger partial charge in [-0.25, -0.2) is 0 Å². The van der Waals surface area contributed by atoms with Crippen LogP contribution in [0.3, 0.4) is 0 Å². The van der Waals surface area contributed by atoms with Gasteiger partial charge in [0.1, 0.15) is 0 Å². The molecule has 0 spiro atoms. The van der Waals surface area contributed by atoms with Crippen molar-refractivity contribution in [3.8, 4) is 0 Å². The van der Waals surface area contributed by atoms with Crippen LogP contribution in [0, 0.1) is 46.3 Å². The Balaban J connectivity index is 1.39. The minimum Gasteiger partial charge on any atom is -0.353 e. The molecule has 0 bridgehead atoms. The second kappa shape index (κ2) is 17.5. The molecule has 0 aromatic heterocycles. The van der Waals surface area contributed by atoms with Gasteiger partial charge in [-0.2, -0.15) is 0 Å². The van der Waals surface area contributed by atoms with Crippen LogP contribution in [-0.4, -0.2) is 74.0 Å². The Kier molecular flexibility index (Phi) is 13.6. The highest BCUT2D eigenvalue weighted by atomic mass is 16.2. The average Bonchev–Trinajstić information content (AvgIpc) is 3.44. The minimum atomic E-state index is -0.0891. The molecule has 11 atom stereocenters. The largest absolute Gasteiger partial charge is 0.353 e. The molecule has 5 rings (SSSR count). The summed E-state index contributed by atoms with van der Waals surface area (Å²) in [7, 11) is 2.21. The van der Waals surface area contributed by atoms with Gasteiger partial charge in [0.05, 0.1) is 0 Å². The van der Waals surface area contributed by atoms with Crippen molar-refractivity contribution in [2.75, 3.05) is 33.2 Å². The van der Waals surface area contributed by atoms with E-state index in [1.807, 2.05) is 0 Å².